The summed E-state index contributed by atoms with van der Waals surface area (Å²) in [5, 5.41) is 17.5. The van der Waals surface area contributed by atoms with E-state index in [-0.39, 0.29) is 51.6 Å². The van der Waals surface area contributed by atoms with Crippen LogP contribution in [0.15, 0.2) is 209 Å². The minimum Gasteiger partial charge on any atom is -0.206 e. The van der Waals surface area contributed by atoms with E-state index in [4.69, 9.17) is 23.4 Å². The molecule has 0 aliphatic heterocycles. The lowest BCUT2D eigenvalue weighted by atomic mass is 9.99. The highest BCUT2D eigenvalue weighted by Crippen LogP contribution is 2.29. The van der Waals surface area contributed by atoms with Gasteiger partial charge in [0.15, 0.2) is 11.6 Å². The molecule has 0 N–H and O–H groups in total. The second kappa shape index (κ2) is 64.1. The second-order valence-corrected chi connectivity index (χ2v) is 36.1. The zero-order chi connectivity index (χ0) is 90.9. The van der Waals surface area contributed by atoms with Crippen LogP contribution in [0.2, 0.25) is 0 Å². The number of halogens is 18. The molecule has 0 spiro atoms. The third kappa shape index (κ3) is 45.7. The van der Waals surface area contributed by atoms with Crippen LogP contribution in [0.1, 0.15) is 242 Å². The summed E-state index contributed by atoms with van der Waals surface area (Å²) in [5.74, 6) is 12.5. The van der Waals surface area contributed by atoms with Crippen molar-refractivity contribution in [1.82, 2.24) is 0 Å². The lowest BCUT2D eigenvalue weighted by Crippen LogP contribution is -1.92. The van der Waals surface area contributed by atoms with Gasteiger partial charge in [0, 0.05) is 45.9 Å². The highest BCUT2D eigenvalue weighted by Gasteiger charge is 2.13. The van der Waals surface area contributed by atoms with Gasteiger partial charge in [0.05, 0.1) is 38.0 Å². The lowest BCUT2D eigenvalue weighted by molar-refractivity contribution is 0.509. The van der Waals surface area contributed by atoms with Crippen LogP contribution in [0.3, 0.4) is 0 Å². The molecule has 0 saturated heterocycles. The Balaban J connectivity index is 0.000000280. The Labute approximate surface area is 797 Å². The Hall–Kier alpha value is -7.74. The molecule has 10 aromatic carbocycles. The summed E-state index contributed by atoms with van der Waals surface area (Å²) in [5.41, 5.74) is 8.14. The molecule has 658 valence electrons. The molecule has 0 aliphatic rings. The van der Waals surface area contributed by atoms with Crippen LogP contribution in [0, 0.1) is 139 Å². The van der Waals surface area contributed by atoms with E-state index in [0.717, 1.165) is 216 Å². The number of terminal acetylenes is 2. The number of unbranched alkanes of at least 4 members (excludes halogenated alkanes) is 24. The predicted octanol–water partition coefficient (Wildman–Crippen LogP) is 34.9. The van der Waals surface area contributed by atoms with Crippen molar-refractivity contribution >= 4 is 118 Å². The van der Waals surface area contributed by atoms with Crippen LogP contribution in [-0.4, -0.2) is 0 Å². The highest BCUT2D eigenvalue weighted by molar-refractivity contribution is 14.1. The Morgan fingerprint density at radius 3 is 0.816 bits per heavy atom. The van der Waals surface area contributed by atoms with Crippen LogP contribution < -0.4 is 0 Å². The van der Waals surface area contributed by atoms with Crippen LogP contribution in [0.4, 0.5) is 48.3 Å². The largest absolute Gasteiger partial charge is 0.206 e. The molecule has 0 bridgehead atoms. The number of aryl methyl sites for hydroxylation is 6. The maximum atomic E-state index is 14.4. The van der Waals surface area contributed by atoms with Crippen LogP contribution in [0.5, 0.6) is 0 Å². The minimum absolute atomic E-state index is 0.0840. The second-order valence-electron chi connectivity index (χ2n) is 29.7. The number of rotatable bonds is 37. The first-order valence-electron chi connectivity index (χ1n) is 42.1. The van der Waals surface area contributed by atoms with Gasteiger partial charge in [0.25, 0.3) is 0 Å². The molecule has 0 aromatic heterocycles. The minimum atomic E-state index is -0.987. The first-order valence-corrected chi connectivity index (χ1v) is 47.9. The zero-order valence-electron chi connectivity index (χ0n) is 69.9. The fourth-order valence-electron chi connectivity index (χ4n) is 12.8. The number of hydrogen-bond acceptors (Lipinski definition) is 2. The number of nitrogens with zero attached hydrogens (tertiary/aromatic N) is 2. The molecular weight excluding hydrogens is 2100 g/mol. The third-order valence-electron chi connectivity index (χ3n) is 19.7. The van der Waals surface area contributed by atoms with Gasteiger partial charge in [-0.2, -0.15) is 10.5 Å². The van der Waals surface area contributed by atoms with Gasteiger partial charge in [-0.1, -0.05) is 175 Å². The molecule has 0 unspecified atom stereocenters. The molecule has 10 aromatic rings. The van der Waals surface area contributed by atoms with Crippen LogP contribution in [-0.2, 0) is 38.5 Å². The molecule has 0 atom stereocenters. The molecule has 0 saturated carbocycles. The molecule has 10 rings (SSSR count). The van der Waals surface area contributed by atoms with Crippen molar-refractivity contribution in [3.63, 3.8) is 0 Å². The summed E-state index contributed by atoms with van der Waals surface area (Å²) in [7, 11) is 0. The van der Waals surface area contributed by atoms with E-state index in [2.05, 4.69) is 154 Å². The molecule has 0 radical (unpaired) electrons. The zero-order valence-corrected chi connectivity index (χ0v) is 81.6. The van der Waals surface area contributed by atoms with E-state index in [1.807, 2.05) is 54.6 Å². The van der Waals surface area contributed by atoms with Crippen molar-refractivity contribution in [2.24, 2.45) is 0 Å². The first-order chi connectivity index (χ1) is 60.3. The SMILES string of the molecule is C#CCCCC#C.Fc1cc(C#CCCCCCC#Cc2ccc(Br)c(F)c2)ccc1Br.Fc1cc(CCCCCCCCCc2ccc(Br)c(F)c2)ccc1Br.Fc1cc(I)ccc1Br.N#Cc1ccc(CCCCCCCCCc2ccc(-c3ccc(F)c(F)c3)c(F)c2)cc1F.N#Cc1ccc(CCCCCCCCCc2ccc(Br)c(F)c2)cc1F. The average molecular weight is 2210 g/mol. The standard InChI is InChI=1S/C28H27F4N.C22H24BrF2N.C21H24Br2F2.C21H16Br2F2.C7H8.C6H3BrFI/c29-25-15-13-22(18-28(25)32)24-14-11-21(17-27(24)31)9-7-5-3-1-2-4-6-8-20-10-12-23(19-33)26(30)16-20;23-20-13-11-18(15-22(20)25)9-7-5-3-1-2-4-6-8-17-10-12-19(16-26)21(24)14-17;2*22-18-12-10-16(14-20(18)24)8-6-4-2-1-3-5-7-9-17-11-13-19(23)21(25)15-17;1-3-5-7-6-4-2;7-5-2-1-4(9)3-6(5)8/h10-18H,1-9H2;10-15H,1-9H2;10-15H,1-9H2;10-15H,1-5H2;1-2H,5-7H2;1-3H. The van der Waals surface area contributed by atoms with Gasteiger partial charge in [-0.15, -0.1) is 24.7 Å². The van der Waals surface area contributed by atoms with Crippen molar-refractivity contribution in [3.05, 3.63) is 332 Å². The average Bonchev–Trinajstić information content (AvgIpc) is 0.821. The van der Waals surface area contributed by atoms with E-state index in [1.165, 1.54) is 106 Å². The van der Waals surface area contributed by atoms with Gasteiger partial charge in [-0.05, 0) is 387 Å². The maximum absolute atomic E-state index is 14.4. The third-order valence-corrected chi connectivity index (χ3v) is 24.3. The molecule has 0 fully saturated rings. The highest BCUT2D eigenvalue weighted by atomic mass is 127. The molecule has 2 nitrogen and oxygen atoms in total. The van der Waals surface area contributed by atoms with Gasteiger partial charge < -0.3 is 0 Å². The van der Waals surface area contributed by atoms with E-state index in [1.54, 1.807) is 78.9 Å². The van der Waals surface area contributed by atoms with Gasteiger partial charge >= 0.3 is 0 Å². The molecule has 0 heterocycles. The summed E-state index contributed by atoms with van der Waals surface area (Å²) in [6.07, 6.45) is 46.1. The van der Waals surface area contributed by atoms with Crippen molar-refractivity contribution in [2.45, 2.75) is 225 Å². The number of nitriles is 2. The molecular formula is C105H102Br6F11IN2. The van der Waals surface area contributed by atoms with E-state index < -0.39 is 29.1 Å². The molecule has 0 aliphatic carbocycles. The molecule has 20 heteroatoms. The van der Waals surface area contributed by atoms with Crippen molar-refractivity contribution in [2.75, 3.05) is 0 Å². The summed E-state index contributed by atoms with van der Waals surface area (Å²) in [6, 6.07) is 52.6. The number of benzene rings is 10. The Morgan fingerprint density at radius 2 is 0.528 bits per heavy atom. The summed E-state index contributed by atoms with van der Waals surface area (Å²) < 4.78 is 151. The lowest BCUT2D eigenvalue weighted by Gasteiger charge is -2.08. The van der Waals surface area contributed by atoms with Gasteiger partial charge in [-0.25, -0.2) is 48.3 Å². The Bertz CT molecular complexity index is 5140. The van der Waals surface area contributed by atoms with Gasteiger partial charge in [0.2, 0.25) is 0 Å². The Kier molecular flexibility index (Phi) is 55.3. The summed E-state index contributed by atoms with van der Waals surface area (Å²) in [6.45, 7) is 0. The van der Waals surface area contributed by atoms with E-state index >= 15 is 0 Å². The summed E-state index contributed by atoms with van der Waals surface area (Å²) >= 11 is 20.9. The van der Waals surface area contributed by atoms with Crippen LogP contribution >= 0.6 is 118 Å². The topological polar surface area (TPSA) is 47.6 Å². The normalized spacial score (nSPS) is 10.3. The van der Waals surface area contributed by atoms with Gasteiger partial charge in [0.1, 0.15) is 64.5 Å². The quantitative estimate of drug-likeness (QED) is 0.0128. The number of hydrogen-bond donors (Lipinski definition) is 0. The monoisotopic (exact) mass is 2200 g/mol. The fraction of sp³-hybridized carbons (Fsp3) is 0.333. The maximum Gasteiger partial charge on any atom is 0.159 e. The van der Waals surface area contributed by atoms with Crippen molar-refractivity contribution < 1.29 is 48.3 Å². The Morgan fingerprint density at radius 1 is 0.248 bits per heavy atom. The van der Waals surface area contributed by atoms with Gasteiger partial charge in [-0.3, -0.25) is 0 Å². The van der Waals surface area contributed by atoms with Crippen molar-refractivity contribution in [1.29, 1.82) is 10.5 Å². The molecule has 125 heavy (non-hydrogen) atoms. The van der Waals surface area contributed by atoms with E-state index in [9.17, 15) is 48.3 Å². The van der Waals surface area contributed by atoms with Crippen molar-refractivity contribution in [3.8, 4) is 71.6 Å². The summed E-state index contributed by atoms with van der Waals surface area (Å²) in [4.78, 5) is 0. The smallest absolute Gasteiger partial charge is 0.159 e. The fourth-order valence-corrected chi connectivity index (χ4v) is 14.7. The van der Waals surface area contributed by atoms with E-state index in [0.29, 0.717) is 43.5 Å². The van der Waals surface area contributed by atoms with Crippen LogP contribution in [0.25, 0.3) is 11.1 Å². The first kappa shape index (κ1) is 108. The molecule has 0 amide bonds. The predicted molar refractivity (Wildman–Crippen MR) is 519 cm³/mol.